The number of carboxylic acids is 3. The number of anilines is 6. The molecule has 0 spiro atoms. The molecule has 0 amide bonds. The summed E-state index contributed by atoms with van der Waals surface area (Å²) >= 11 is 3.54. The van der Waals surface area contributed by atoms with Gasteiger partial charge in [-0.3, -0.25) is 16.8 Å². The molecule has 27 nitrogen and oxygen atoms in total. The van der Waals surface area contributed by atoms with Gasteiger partial charge in [0.15, 0.2) is 11.5 Å². The maximum absolute atomic E-state index is 11.4. The first-order valence-electron chi connectivity index (χ1n) is 28.0. The largest absolute Gasteiger partial charge is 0.755 e. The molecular formula is C60H58Cl2N10O17S5-4. The third-order valence-corrected chi connectivity index (χ3v) is 16.4. The molecule has 94 heavy (non-hydrogen) atoms. The number of hydrogen-bond acceptors (Lipinski definition) is 20. The Bertz CT molecular complexity index is 4070. The van der Waals surface area contributed by atoms with Gasteiger partial charge >= 0.3 is 17.9 Å². The number of para-hydroxylation sites is 2. The molecule has 4 atom stereocenters. The molecule has 9 N–H and O–H groups in total. The standard InChI is InChI=1S/C17H18N2O5S.C17H20N2O5S.C13H12ClN5O2S2.C13H12ClNO5S/c20-17(21)12-10-14(18-25(22)23)16(24-13-6-2-1-3-7-13)15(11-12)19-8-4-5-9-19;1-2-3-9-18-14-10-12(17(20)21)11-15(19-25(22)23)16(14)24-13-7-5-4-6-8-13;14-11-6-8(3-4-9-2-1-5-22-9)10(13-15-18-19-16-13)7-12(11)17-23(20)21;14-11-6-8(3-4-9-2-1-5-20-9)10(13(16)17)7-12(11)15-21(18)19/h1-3,6-7,10-11,18H,4-5,8-9H2,(H,20,21)(H,22,23);4-8,10-11,18-19H,2-3,9H2,1H3,(H,20,21)(H,22,23);1-2,5-7,17H,3-4H2,(H,20,21)(H,15,16,18,19);1-2,5-7,15H,3-4H2,(H,16,17)(H,18,19)/p-4. The lowest BCUT2D eigenvalue weighted by Crippen LogP contribution is -2.20. The Kier molecular flexibility index (Phi) is 28.3. The van der Waals surface area contributed by atoms with E-state index in [1.165, 1.54) is 47.5 Å². The lowest BCUT2D eigenvalue weighted by atomic mass is 10.0. The molecule has 498 valence electrons. The summed E-state index contributed by atoms with van der Waals surface area (Å²) in [7, 11) is 0. The maximum Gasteiger partial charge on any atom is 0.336 e. The van der Waals surface area contributed by atoms with E-state index in [1.54, 1.807) is 84.1 Å². The zero-order valence-corrected chi connectivity index (χ0v) is 54.9. The van der Waals surface area contributed by atoms with Crippen LogP contribution in [0.3, 0.4) is 0 Å². The van der Waals surface area contributed by atoms with E-state index in [2.05, 4.69) is 50.9 Å². The van der Waals surface area contributed by atoms with Crippen LogP contribution in [0.5, 0.6) is 23.0 Å². The van der Waals surface area contributed by atoms with Crippen molar-refractivity contribution in [2.75, 3.05) is 48.7 Å². The van der Waals surface area contributed by atoms with Crippen LogP contribution >= 0.6 is 34.5 Å². The van der Waals surface area contributed by atoms with Gasteiger partial charge in [-0.1, -0.05) is 79.0 Å². The summed E-state index contributed by atoms with van der Waals surface area (Å²) in [4.78, 5) is 37.3. The molecule has 6 aromatic carbocycles. The van der Waals surface area contributed by atoms with Gasteiger partial charge in [-0.2, -0.15) is 5.21 Å². The fourth-order valence-electron chi connectivity index (χ4n) is 9.06. The van der Waals surface area contributed by atoms with E-state index in [0.717, 1.165) is 62.9 Å². The summed E-state index contributed by atoms with van der Waals surface area (Å²) in [5, 5.41) is 47.3. The number of benzene rings is 6. The van der Waals surface area contributed by atoms with Crippen molar-refractivity contribution in [3.8, 4) is 34.4 Å². The van der Waals surface area contributed by atoms with Crippen LogP contribution in [0.25, 0.3) is 11.4 Å². The molecule has 0 aliphatic carbocycles. The second kappa shape index (κ2) is 36.6. The van der Waals surface area contributed by atoms with Crippen LogP contribution in [0.1, 0.15) is 85.4 Å². The summed E-state index contributed by atoms with van der Waals surface area (Å²) in [6.07, 6.45) is 7.84. The summed E-state index contributed by atoms with van der Waals surface area (Å²) in [6.45, 7) is 4.15. The van der Waals surface area contributed by atoms with E-state index in [-0.39, 0.29) is 50.2 Å². The highest BCUT2D eigenvalue weighted by Crippen LogP contribution is 2.43. The summed E-state index contributed by atoms with van der Waals surface area (Å²) in [6, 6.07) is 36.8. The van der Waals surface area contributed by atoms with Crippen molar-refractivity contribution >= 4 is 132 Å². The minimum Gasteiger partial charge on any atom is -0.755 e. The van der Waals surface area contributed by atoms with Crippen molar-refractivity contribution in [3.05, 3.63) is 194 Å². The minimum absolute atomic E-state index is 0.00101. The Labute approximate surface area is 562 Å². The number of thiophene rings is 1. The van der Waals surface area contributed by atoms with Crippen LogP contribution in [-0.4, -0.2) is 109 Å². The fourth-order valence-corrected chi connectivity index (χ4v) is 11.7. The molecule has 3 aromatic heterocycles. The normalized spacial score (nSPS) is 12.8. The zero-order chi connectivity index (χ0) is 67.7. The van der Waals surface area contributed by atoms with Gasteiger partial charge in [0.1, 0.15) is 17.3 Å². The number of hydrogen-bond donors (Lipinski definition) is 9. The summed E-state index contributed by atoms with van der Waals surface area (Å²) < 4.78 is 113. The number of aromatic carboxylic acids is 3. The average Bonchev–Trinajstić information content (AvgIpc) is 1.14. The second-order valence-corrected chi connectivity index (χ2v) is 24.3. The Balaban J connectivity index is 0.000000178. The number of nitrogens with one attached hydrogen (secondary N) is 6. The van der Waals surface area contributed by atoms with Crippen molar-refractivity contribution in [1.82, 2.24) is 20.6 Å². The topological polar surface area (TPSA) is 422 Å². The number of ether oxygens (including phenoxy) is 2. The molecule has 1 aliphatic heterocycles. The third kappa shape index (κ3) is 22.5. The Morgan fingerprint density at radius 3 is 1.69 bits per heavy atom. The van der Waals surface area contributed by atoms with E-state index >= 15 is 0 Å². The van der Waals surface area contributed by atoms with Gasteiger partial charge in [0.2, 0.25) is 5.82 Å². The number of aromatic nitrogens is 4. The quantitative estimate of drug-likeness (QED) is 0.0170. The second-order valence-electron chi connectivity index (χ2n) is 19.7. The lowest BCUT2D eigenvalue weighted by Gasteiger charge is -2.24. The highest BCUT2D eigenvalue weighted by Gasteiger charge is 2.24. The van der Waals surface area contributed by atoms with Crippen molar-refractivity contribution in [3.63, 3.8) is 0 Å². The number of carboxylic acid groups (broad SMARTS) is 3. The number of halogens is 2. The number of rotatable bonds is 27. The Morgan fingerprint density at radius 1 is 0.628 bits per heavy atom. The van der Waals surface area contributed by atoms with E-state index in [4.69, 9.17) is 37.1 Å². The number of H-pyrrole nitrogens is 1. The molecule has 1 fully saturated rings. The van der Waals surface area contributed by atoms with Gasteiger partial charge in [0.05, 0.1) is 67.1 Å². The molecule has 9 aromatic rings. The molecule has 10 rings (SSSR count). The number of aromatic amines is 1. The zero-order valence-electron chi connectivity index (χ0n) is 49.3. The Hall–Kier alpha value is -8.80. The maximum atomic E-state index is 11.4. The summed E-state index contributed by atoms with van der Waals surface area (Å²) in [5.74, 6) is -0.780. The molecule has 0 radical (unpaired) electrons. The van der Waals surface area contributed by atoms with Gasteiger partial charge in [0, 0.05) is 81.6 Å². The predicted octanol–water partition coefficient (Wildman–Crippen LogP) is 11.8. The van der Waals surface area contributed by atoms with E-state index in [1.807, 2.05) is 35.4 Å². The number of carbonyl (C=O) groups is 3. The van der Waals surface area contributed by atoms with Crippen LogP contribution in [0, 0.1) is 0 Å². The summed E-state index contributed by atoms with van der Waals surface area (Å²) in [5.41, 5.74) is 3.49. The minimum atomic E-state index is -2.62. The van der Waals surface area contributed by atoms with Crippen LogP contribution in [0.4, 0.5) is 34.1 Å². The molecule has 34 heteroatoms. The van der Waals surface area contributed by atoms with Gasteiger partial charge < -0.3 is 76.5 Å². The molecule has 4 unspecified atom stereocenters. The SMILES string of the molecule is CCCCNc1cc(C(=O)O)cc(NS(=O)[O-])c1Oc1ccccc1.O=C(O)c1cc(NS(=O)[O-])c(Cl)cc1CCc1ccco1.O=C(O)c1cc(NS(=O)[O-])c(Oc2ccccc2)c(N2CCCC2)c1.O=S([O-])Nc1cc(-c2nn[nH]n2)c(CCc2cccs2)cc1Cl. The molecular weight excluding hydrogens is 1360 g/mol. The van der Waals surface area contributed by atoms with E-state index in [9.17, 15) is 64.7 Å². The van der Waals surface area contributed by atoms with Gasteiger partial charge in [0.25, 0.3) is 0 Å². The highest BCUT2D eigenvalue weighted by atomic mass is 35.5. The molecule has 1 aliphatic rings. The number of tetrazole rings is 1. The van der Waals surface area contributed by atoms with Crippen molar-refractivity contribution < 1.29 is 78.6 Å². The van der Waals surface area contributed by atoms with E-state index in [0.29, 0.717) is 70.0 Å². The third-order valence-electron chi connectivity index (χ3n) is 13.3. The fraction of sp³-hybridized carbons (Fsp3) is 0.200. The monoisotopic (exact) mass is 1420 g/mol. The van der Waals surface area contributed by atoms with Crippen molar-refractivity contribution in [2.24, 2.45) is 0 Å². The number of furan rings is 1. The Morgan fingerprint density at radius 2 is 1.17 bits per heavy atom. The van der Waals surface area contributed by atoms with Gasteiger partial charge in [-0.05, 0) is 151 Å². The van der Waals surface area contributed by atoms with Crippen LogP contribution in [0.15, 0.2) is 150 Å². The smallest absolute Gasteiger partial charge is 0.336 e. The van der Waals surface area contributed by atoms with Gasteiger partial charge in [-0.25, -0.2) is 14.4 Å². The number of nitrogens with zero attached hydrogens (tertiary/aromatic N) is 4. The first-order valence-corrected chi connectivity index (χ1v) is 34.0. The highest BCUT2D eigenvalue weighted by molar-refractivity contribution is 7.81. The number of aryl methyl sites for hydroxylation is 4. The average molecular weight is 1420 g/mol. The van der Waals surface area contributed by atoms with Crippen molar-refractivity contribution in [1.29, 1.82) is 0 Å². The van der Waals surface area contributed by atoms with Gasteiger partial charge in [-0.15, -0.1) is 21.5 Å². The predicted molar refractivity (Wildman–Crippen MR) is 356 cm³/mol. The van der Waals surface area contributed by atoms with Crippen LogP contribution in [-0.2, 0) is 70.7 Å². The lowest BCUT2D eigenvalue weighted by molar-refractivity contribution is 0.0685. The molecule has 0 bridgehead atoms. The van der Waals surface area contributed by atoms with E-state index < -0.39 is 63.0 Å². The first-order chi connectivity index (χ1) is 45.1. The van der Waals surface area contributed by atoms with Crippen molar-refractivity contribution in [2.45, 2.75) is 58.3 Å². The molecule has 0 saturated carbocycles. The van der Waals surface area contributed by atoms with Crippen LogP contribution in [0.2, 0.25) is 10.0 Å². The van der Waals surface area contributed by atoms with Crippen LogP contribution < -0.4 is 38.6 Å². The molecule has 1 saturated heterocycles. The number of unbranched alkanes of at least 4 members (excludes halogenated alkanes) is 1. The first kappa shape index (κ1) is 72.6. The molecule has 4 heterocycles.